The van der Waals surface area contributed by atoms with Crippen LogP contribution in [0.25, 0.3) is 6.08 Å². The summed E-state index contributed by atoms with van der Waals surface area (Å²) < 4.78 is 35.9. The molecule has 0 saturated heterocycles. The van der Waals surface area contributed by atoms with Crippen molar-refractivity contribution < 1.29 is 18.0 Å². The second-order valence-electron chi connectivity index (χ2n) is 2.62. The van der Waals surface area contributed by atoms with Crippen LogP contribution in [0.2, 0.25) is 0 Å². The van der Waals surface area contributed by atoms with Crippen LogP contribution in [0.15, 0.2) is 35.2 Å². The van der Waals surface area contributed by atoms with Crippen LogP contribution in [-0.2, 0) is 4.79 Å². The first-order valence-corrected chi connectivity index (χ1v) is 4.80. The molecule has 0 fully saturated rings. The van der Waals surface area contributed by atoms with Crippen LogP contribution >= 0.6 is 11.8 Å². The van der Waals surface area contributed by atoms with Gasteiger partial charge in [0.2, 0.25) is 0 Å². The Labute approximate surface area is 89.0 Å². The predicted molar refractivity (Wildman–Crippen MR) is 54.1 cm³/mol. The highest BCUT2D eigenvalue weighted by atomic mass is 32.2. The fourth-order valence-electron chi connectivity index (χ4n) is 0.935. The summed E-state index contributed by atoms with van der Waals surface area (Å²) in [5.41, 5.74) is -3.86. The Hall–Kier alpha value is -1.23. The molecule has 0 saturated carbocycles. The van der Waals surface area contributed by atoms with Crippen molar-refractivity contribution in [3.05, 3.63) is 40.8 Å². The van der Waals surface area contributed by atoms with Crippen LogP contribution < -0.4 is 0 Å². The molecule has 5 heteroatoms. The molecule has 15 heavy (non-hydrogen) atoms. The zero-order valence-corrected chi connectivity index (χ0v) is 8.31. The van der Waals surface area contributed by atoms with E-state index in [0.29, 0.717) is 5.56 Å². The summed E-state index contributed by atoms with van der Waals surface area (Å²) >= 11 is -0.410. The van der Waals surface area contributed by atoms with E-state index in [9.17, 15) is 18.0 Å². The van der Waals surface area contributed by atoms with Crippen molar-refractivity contribution in [3.63, 3.8) is 0 Å². The van der Waals surface area contributed by atoms with Gasteiger partial charge >= 0.3 is 5.51 Å². The topological polar surface area (TPSA) is 17.1 Å². The van der Waals surface area contributed by atoms with Crippen molar-refractivity contribution >= 4 is 24.1 Å². The van der Waals surface area contributed by atoms with E-state index in [1.54, 1.807) is 30.3 Å². The molecule has 0 unspecified atom stereocenters. The summed E-state index contributed by atoms with van der Waals surface area (Å²) in [6.07, 6.45) is 1.40. The van der Waals surface area contributed by atoms with E-state index in [4.69, 9.17) is 0 Å². The van der Waals surface area contributed by atoms with Gasteiger partial charge in [-0.1, -0.05) is 30.3 Å². The van der Waals surface area contributed by atoms with E-state index in [-0.39, 0.29) is 11.2 Å². The lowest BCUT2D eigenvalue weighted by Gasteiger charge is -2.04. The molecule has 0 spiro atoms. The number of alkyl halides is 3. The number of hydrogen-bond acceptors (Lipinski definition) is 2. The van der Waals surface area contributed by atoms with Crippen molar-refractivity contribution in [2.24, 2.45) is 0 Å². The number of aldehydes is 1. The first-order valence-electron chi connectivity index (χ1n) is 3.99. The highest BCUT2D eigenvalue weighted by Gasteiger charge is 2.30. The summed E-state index contributed by atoms with van der Waals surface area (Å²) in [6, 6.07) is 8.37. The Balaban J connectivity index is 2.84. The van der Waals surface area contributed by atoms with Gasteiger partial charge in [0.1, 0.15) is 0 Å². The number of thioether (sulfide) groups is 1. The van der Waals surface area contributed by atoms with Crippen LogP contribution in [-0.4, -0.2) is 11.8 Å². The van der Waals surface area contributed by atoms with Gasteiger partial charge in [0, 0.05) is 0 Å². The summed E-state index contributed by atoms with van der Waals surface area (Å²) in [4.78, 5) is 10.0. The molecule has 0 amide bonds. The number of benzene rings is 1. The number of halogens is 3. The number of rotatable bonds is 3. The molecule has 0 radical (unpaired) electrons. The Morgan fingerprint density at radius 2 is 1.80 bits per heavy atom. The number of carbonyl (C=O) groups excluding carboxylic acids is 1. The average molecular weight is 232 g/mol. The summed E-state index contributed by atoms with van der Waals surface area (Å²) in [6.45, 7) is 0. The largest absolute Gasteiger partial charge is 0.446 e. The first-order chi connectivity index (χ1) is 7.01. The molecule has 1 aromatic carbocycles. The van der Waals surface area contributed by atoms with Crippen LogP contribution in [0.5, 0.6) is 0 Å². The second kappa shape index (κ2) is 5.02. The lowest BCUT2D eigenvalue weighted by molar-refractivity contribution is -0.104. The van der Waals surface area contributed by atoms with Gasteiger partial charge in [-0.15, -0.1) is 0 Å². The maximum absolute atomic E-state index is 12.0. The van der Waals surface area contributed by atoms with Crippen LogP contribution in [0.3, 0.4) is 0 Å². The summed E-state index contributed by atoms with van der Waals surface area (Å²) in [5, 5.41) is 0. The fraction of sp³-hybridized carbons (Fsp3) is 0.100. The normalized spacial score (nSPS) is 12.6. The molecule has 1 rings (SSSR count). The quantitative estimate of drug-likeness (QED) is 0.586. The van der Waals surface area contributed by atoms with Crippen molar-refractivity contribution in [1.82, 2.24) is 0 Å². The van der Waals surface area contributed by atoms with Crippen molar-refractivity contribution in [3.8, 4) is 0 Å². The molecule has 0 heterocycles. The Bertz CT molecular complexity index is 357. The van der Waals surface area contributed by atoms with E-state index in [1.807, 2.05) is 0 Å². The average Bonchev–Trinajstić information content (AvgIpc) is 2.16. The Morgan fingerprint density at radius 1 is 1.20 bits per heavy atom. The predicted octanol–water partition coefficient (Wildman–Crippen LogP) is 3.48. The van der Waals surface area contributed by atoms with Gasteiger partial charge in [-0.25, -0.2) is 0 Å². The van der Waals surface area contributed by atoms with Gasteiger partial charge in [-0.2, -0.15) is 13.2 Å². The zero-order valence-electron chi connectivity index (χ0n) is 7.49. The SMILES string of the molecule is O=C/C(=C\c1ccccc1)SC(F)(F)F. The third-order valence-corrected chi connectivity index (χ3v) is 2.14. The number of carbonyl (C=O) groups is 1. The van der Waals surface area contributed by atoms with Gasteiger partial charge in [0.05, 0.1) is 4.91 Å². The third kappa shape index (κ3) is 4.69. The second-order valence-corrected chi connectivity index (χ2v) is 3.76. The minimum Gasteiger partial charge on any atom is -0.297 e. The molecule has 0 N–H and O–H groups in total. The molecule has 80 valence electrons. The molecule has 0 bridgehead atoms. The highest BCUT2D eigenvalue weighted by molar-refractivity contribution is 8.04. The minimum absolute atomic E-state index is 0.200. The zero-order chi connectivity index (χ0) is 11.3. The molecule has 1 aromatic rings. The summed E-state index contributed by atoms with van der Waals surface area (Å²) in [5.74, 6) is 0. The van der Waals surface area contributed by atoms with E-state index < -0.39 is 17.3 Å². The standard InChI is InChI=1S/C10H7F3OS/c11-10(12,13)15-9(7-14)6-8-4-2-1-3-5-8/h1-7H/b9-6+. The van der Waals surface area contributed by atoms with Gasteiger partial charge in [-0.05, 0) is 23.4 Å². The maximum Gasteiger partial charge on any atom is 0.446 e. The minimum atomic E-state index is -4.43. The van der Waals surface area contributed by atoms with E-state index in [0.717, 1.165) is 0 Å². The van der Waals surface area contributed by atoms with E-state index in [1.165, 1.54) is 6.08 Å². The van der Waals surface area contributed by atoms with Crippen LogP contribution in [0.4, 0.5) is 13.2 Å². The Morgan fingerprint density at radius 3 is 2.27 bits per heavy atom. The maximum atomic E-state index is 12.0. The van der Waals surface area contributed by atoms with Crippen molar-refractivity contribution in [1.29, 1.82) is 0 Å². The van der Waals surface area contributed by atoms with Gasteiger partial charge in [0.25, 0.3) is 0 Å². The molecule has 1 nitrogen and oxygen atoms in total. The van der Waals surface area contributed by atoms with Crippen molar-refractivity contribution in [2.45, 2.75) is 5.51 Å². The van der Waals surface area contributed by atoms with E-state index >= 15 is 0 Å². The molecule has 0 aliphatic heterocycles. The lowest BCUT2D eigenvalue weighted by atomic mass is 10.2. The smallest absolute Gasteiger partial charge is 0.297 e. The molecular weight excluding hydrogens is 225 g/mol. The van der Waals surface area contributed by atoms with E-state index in [2.05, 4.69) is 0 Å². The molecule has 0 aromatic heterocycles. The van der Waals surface area contributed by atoms with Crippen LogP contribution in [0, 0.1) is 0 Å². The first kappa shape index (κ1) is 11.8. The monoisotopic (exact) mass is 232 g/mol. The highest BCUT2D eigenvalue weighted by Crippen LogP contribution is 2.36. The molecule has 0 aliphatic rings. The Kier molecular flexibility index (Phi) is 3.96. The van der Waals surface area contributed by atoms with Gasteiger partial charge in [-0.3, -0.25) is 4.79 Å². The lowest BCUT2D eigenvalue weighted by Crippen LogP contribution is -2.00. The molecule has 0 aliphatic carbocycles. The van der Waals surface area contributed by atoms with Crippen molar-refractivity contribution in [2.75, 3.05) is 0 Å². The summed E-state index contributed by atoms with van der Waals surface area (Å²) in [7, 11) is 0. The van der Waals surface area contributed by atoms with Gasteiger partial charge in [0.15, 0.2) is 6.29 Å². The van der Waals surface area contributed by atoms with Crippen LogP contribution in [0.1, 0.15) is 5.56 Å². The fourth-order valence-corrected chi connectivity index (χ4v) is 1.45. The number of hydrogen-bond donors (Lipinski definition) is 0. The molecular formula is C10H7F3OS. The molecule has 0 atom stereocenters. The number of allylic oxidation sites excluding steroid dienone is 1. The third-order valence-electron chi connectivity index (χ3n) is 1.46. The van der Waals surface area contributed by atoms with Gasteiger partial charge < -0.3 is 0 Å².